The minimum atomic E-state index is -0.326. The Balaban J connectivity index is 1.13. The van der Waals surface area contributed by atoms with Crippen LogP contribution in [-0.4, -0.2) is 77.3 Å². The summed E-state index contributed by atoms with van der Waals surface area (Å²) >= 11 is 0. The van der Waals surface area contributed by atoms with Crippen LogP contribution in [0.5, 0.6) is 0 Å². The maximum absolute atomic E-state index is 12.6. The Bertz CT molecular complexity index is 961. The first kappa shape index (κ1) is 20.9. The quantitative estimate of drug-likeness (QED) is 0.707. The van der Waals surface area contributed by atoms with Gasteiger partial charge in [-0.25, -0.2) is 4.79 Å². The van der Waals surface area contributed by atoms with Crippen LogP contribution in [0.15, 0.2) is 28.8 Å². The minimum Gasteiger partial charge on any atom is -0.443 e. The Morgan fingerprint density at radius 2 is 1.81 bits per heavy atom. The van der Waals surface area contributed by atoms with Gasteiger partial charge in [-0.15, -0.1) is 0 Å². The number of anilines is 1. The van der Waals surface area contributed by atoms with Crippen molar-refractivity contribution < 1.29 is 18.8 Å². The number of aromatic nitrogens is 2. The van der Waals surface area contributed by atoms with Crippen molar-refractivity contribution in [3.63, 3.8) is 0 Å². The van der Waals surface area contributed by atoms with Crippen LogP contribution in [0.2, 0.25) is 0 Å². The SMILES string of the molecule is Cc1nc(-c2ccc(N3CC(CN4CCN(C(=O)C5CCCC5)CC4)OC3=O)cc2)no1. The summed E-state index contributed by atoms with van der Waals surface area (Å²) in [4.78, 5) is 35.3. The highest BCUT2D eigenvalue weighted by Gasteiger charge is 2.35. The summed E-state index contributed by atoms with van der Waals surface area (Å²) in [6.07, 6.45) is 3.94. The van der Waals surface area contributed by atoms with Crippen LogP contribution in [0, 0.1) is 12.8 Å². The molecule has 2 aromatic rings. The van der Waals surface area contributed by atoms with Crippen LogP contribution in [0.1, 0.15) is 31.6 Å². The predicted molar refractivity (Wildman–Crippen MR) is 117 cm³/mol. The number of nitrogens with zero attached hydrogens (tertiary/aromatic N) is 5. The first-order chi connectivity index (χ1) is 15.6. The highest BCUT2D eigenvalue weighted by atomic mass is 16.6. The molecule has 0 radical (unpaired) electrons. The highest BCUT2D eigenvalue weighted by Crippen LogP contribution is 2.28. The molecule has 32 heavy (non-hydrogen) atoms. The lowest BCUT2D eigenvalue weighted by atomic mass is 10.1. The molecule has 2 aliphatic heterocycles. The lowest BCUT2D eigenvalue weighted by Crippen LogP contribution is -2.51. The number of rotatable bonds is 5. The molecule has 0 N–H and O–H groups in total. The minimum absolute atomic E-state index is 0.181. The Hall–Kier alpha value is -2.94. The second-order valence-corrected chi connectivity index (χ2v) is 8.91. The summed E-state index contributed by atoms with van der Waals surface area (Å²) in [6.45, 7) is 6.12. The fourth-order valence-electron chi connectivity index (χ4n) is 4.90. The van der Waals surface area contributed by atoms with E-state index in [1.165, 1.54) is 12.8 Å². The van der Waals surface area contributed by atoms with E-state index in [9.17, 15) is 9.59 Å². The standard InChI is InChI=1S/C23H29N5O4/c1-16-24-21(25-32-16)17-6-8-19(9-7-17)28-15-20(31-23(28)30)14-26-10-12-27(13-11-26)22(29)18-4-2-3-5-18/h6-9,18,20H,2-5,10-15H2,1H3. The van der Waals surface area contributed by atoms with Crippen LogP contribution in [-0.2, 0) is 9.53 Å². The molecule has 3 aliphatic rings. The van der Waals surface area contributed by atoms with E-state index in [2.05, 4.69) is 15.0 Å². The van der Waals surface area contributed by atoms with Crippen molar-refractivity contribution in [3.05, 3.63) is 30.2 Å². The molecule has 1 unspecified atom stereocenters. The molecule has 1 aromatic carbocycles. The Kier molecular flexibility index (Phi) is 5.82. The first-order valence-electron chi connectivity index (χ1n) is 11.5. The van der Waals surface area contributed by atoms with Gasteiger partial charge in [-0.3, -0.25) is 14.6 Å². The molecular formula is C23H29N5O4. The summed E-state index contributed by atoms with van der Waals surface area (Å²) in [5.74, 6) is 1.61. The van der Waals surface area contributed by atoms with Crippen molar-refractivity contribution in [1.82, 2.24) is 19.9 Å². The zero-order chi connectivity index (χ0) is 22.1. The maximum Gasteiger partial charge on any atom is 0.414 e. The van der Waals surface area contributed by atoms with Crippen molar-refractivity contribution in [3.8, 4) is 11.4 Å². The molecule has 1 saturated carbocycles. The molecule has 9 heteroatoms. The van der Waals surface area contributed by atoms with Gasteiger partial charge in [0.25, 0.3) is 0 Å². The van der Waals surface area contributed by atoms with E-state index < -0.39 is 0 Å². The molecule has 5 rings (SSSR count). The molecule has 170 valence electrons. The number of piperazine rings is 1. The Morgan fingerprint density at radius 1 is 1.09 bits per heavy atom. The molecule has 1 aromatic heterocycles. The predicted octanol–water partition coefficient (Wildman–Crippen LogP) is 2.70. The average molecular weight is 440 g/mol. The molecule has 3 fully saturated rings. The fraction of sp³-hybridized carbons (Fsp3) is 0.565. The number of ether oxygens (including phenoxy) is 1. The van der Waals surface area contributed by atoms with Gasteiger partial charge in [0.1, 0.15) is 6.10 Å². The molecule has 1 atom stereocenters. The number of hydrogen-bond acceptors (Lipinski definition) is 7. The molecule has 2 saturated heterocycles. The first-order valence-corrected chi connectivity index (χ1v) is 11.5. The van der Waals surface area contributed by atoms with Gasteiger partial charge >= 0.3 is 6.09 Å². The molecule has 2 amide bonds. The van der Waals surface area contributed by atoms with Gasteiger partial charge in [0.05, 0.1) is 6.54 Å². The maximum atomic E-state index is 12.6. The zero-order valence-corrected chi connectivity index (χ0v) is 18.4. The van der Waals surface area contributed by atoms with Crippen molar-refractivity contribution >= 4 is 17.7 Å². The van der Waals surface area contributed by atoms with Gasteiger partial charge < -0.3 is 14.2 Å². The summed E-state index contributed by atoms with van der Waals surface area (Å²) in [7, 11) is 0. The normalized spacial score (nSPS) is 22.5. The van der Waals surface area contributed by atoms with Crippen LogP contribution >= 0.6 is 0 Å². The zero-order valence-electron chi connectivity index (χ0n) is 18.4. The van der Waals surface area contributed by atoms with Gasteiger partial charge in [-0.2, -0.15) is 4.98 Å². The van der Waals surface area contributed by atoms with Crippen LogP contribution in [0.4, 0.5) is 10.5 Å². The fourth-order valence-corrected chi connectivity index (χ4v) is 4.90. The Labute approximate surface area is 187 Å². The molecule has 3 heterocycles. The molecule has 0 spiro atoms. The van der Waals surface area contributed by atoms with Crippen molar-refractivity contribution in [1.29, 1.82) is 0 Å². The Morgan fingerprint density at radius 3 is 2.47 bits per heavy atom. The average Bonchev–Trinajstić information content (AvgIpc) is 3.56. The second kappa shape index (κ2) is 8.90. The molecule has 0 bridgehead atoms. The highest BCUT2D eigenvalue weighted by molar-refractivity contribution is 5.90. The van der Waals surface area contributed by atoms with E-state index in [4.69, 9.17) is 9.26 Å². The van der Waals surface area contributed by atoms with Crippen molar-refractivity contribution in [2.45, 2.75) is 38.7 Å². The molecule has 1 aliphatic carbocycles. The van der Waals surface area contributed by atoms with Crippen molar-refractivity contribution in [2.24, 2.45) is 5.92 Å². The van der Waals surface area contributed by atoms with E-state index in [0.29, 0.717) is 30.7 Å². The second-order valence-electron chi connectivity index (χ2n) is 8.91. The lowest BCUT2D eigenvalue weighted by molar-refractivity contribution is -0.137. The summed E-state index contributed by atoms with van der Waals surface area (Å²) in [5.41, 5.74) is 1.62. The number of benzene rings is 1. The number of amides is 2. The van der Waals surface area contributed by atoms with Gasteiger partial charge in [-0.1, -0.05) is 18.0 Å². The van der Waals surface area contributed by atoms with E-state index in [0.717, 1.165) is 50.3 Å². The van der Waals surface area contributed by atoms with E-state index in [1.807, 2.05) is 29.2 Å². The number of cyclic esters (lactones) is 1. The van der Waals surface area contributed by atoms with E-state index in [1.54, 1.807) is 11.8 Å². The van der Waals surface area contributed by atoms with Crippen molar-refractivity contribution in [2.75, 3.05) is 44.2 Å². The summed E-state index contributed by atoms with van der Waals surface area (Å²) in [6, 6.07) is 7.50. The smallest absolute Gasteiger partial charge is 0.414 e. The van der Waals surface area contributed by atoms with E-state index >= 15 is 0 Å². The third-order valence-electron chi connectivity index (χ3n) is 6.69. The molecule has 9 nitrogen and oxygen atoms in total. The van der Waals surface area contributed by atoms with Gasteiger partial charge in [0.15, 0.2) is 0 Å². The molecular weight excluding hydrogens is 410 g/mol. The summed E-state index contributed by atoms with van der Waals surface area (Å²) in [5, 5.41) is 3.92. The van der Waals surface area contributed by atoms with Gasteiger partial charge in [-0.05, 0) is 37.1 Å². The van der Waals surface area contributed by atoms with Crippen LogP contribution in [0.3, 0.4) is 0 Å². The lowest BCUT2D eigenvalue weighted by Gasteiger charge is -2.36. The van der Waals surface area contributed by atoms with Gasteiger partial charge in [0, 0.05) is 56.8 Å². The summed E-state index contributed by atoms with van der Waals surface area (Å²) < 4.78 is 10.7. The third-order valence-corrected chi connectivity index (χ3v) is 6.69. The topological polar surface area (TPSA) is 92.0 Å². The number of carbonyl (C=O) groups is 2. The van der Waals surface area contributed by atoms with Crippen LogP contribution in [0.25, 0.3) is 11.4 Å². The number of aryl methyl sites for hydroxylation is 1. The third kappa shape index (κ3) is 4.34. The van der Waals surface area contributed by atoms with E-state index in [-0.39, 0.29) is 18.1 Å². The van der Waals surface area contributed by atoms with Gasteiger partial charge in [0.2, 0.25) is 17.6 Å². The number of carbonyl (C=O) groups excluding carboxylic acids is 2. The number of hydrogen-bond donors (Lipinski definition) is 0. The monoisotopic (exact) mass is 439 g/mol. The largest absolute Gasteiger partial charge is 0.443 e. The van der Waals surface area contributed by atoms with Crippen LogP contribution < -0.4 is 4.90 Å².